The minimum Gasteiger partial charge on any atom is -0.351 e. The zero-order valence-corrected chi connectivity index (χ0v) is 15.3. The first-order valence-corrected chi connectivity index (χ1v) is 9.02. The van der Waals surface area contributed by atoms with E-state index in [0.29, 0.717) is 18.7 Å². The number of hydrogen-bond acceptors (Lipinski definition) is 3. The van der Waals surface area contributed by atoms with Crippen molar-refractivity contribution in [3.63, 3.8) is 0 Å². The first-order valence-electron chi connectivity index (χ1n) is 9.02. The highest BCUT2D eigenvalue weighted by Crippen LogP contribution is 2.34. The van der Waals surface area contributed by atoms with Gasteiger partial charge in [0.25, 0.3) is 5.91 Å². The summed E-state index contributed by atoms with van der Waals surface area (Å²) in [4.78, 5) is 25.8. The molecule has 0 spiro atoms. The van der Waals surface area contributed by atoms with Crippen LogP contribution in [0.5, 0.6) is 0 Å². The summed E-state index contributed by atoms with van der Waals surface area (Å²) in [6, 6.07) is 14.0. The van der Waals surface area contributed by atoms with Crippen LogP contribution in [0.15, 0.2) is 42.5 Å². The second kappa shape index (κ2) is 7.70. The van der Waals surface area contributed by atoms with Crippen molar-refractivity contribution in [2.75, 3.05) is 18.0 Å². The fourth-order valence-electron chi connectivity index (χ4n) is 3.51. The average Bonchev–Trinajstić information content (AvgIpc) is 2.65. The summed E-state index contributed by atoms with van der Waals surface area (Å²) in [5, 5.41) is 2.77. The predicted molar refractivity (Wildman–Crippen MR) is 104 cm³/mol. The smallest absolute Gasteiger partial charge is 0.251 e. The van der Waals surface area contributed by atoms with Crippen LogP contribution < -0.4 is 16.0 Å². The molecular formula is C21H25N3O2. The molecule has 2 aromatic carbocycles. The second-order valence-electron chi connectivity index (χ2n) is 6.74. The van der Waals surface area contributed by atoms with Gasteiger partial charge in [-0.05, 0) is 60.7 Å². The van der Waals surface area contributed by atoms with E-state index in [2.05, 4.69) is 18.3 Å². The van der Waals surface area contributed by atoms with Crippen LogP contribution in [0.25, 0.3) is 11.1 Å². The van der Waals surface area contributed by atoms with Crippen molar-refractivity contribution >= 4 is 17.5 Å². The van der Waals surface area contributed by atoms with Gasteiger partial charge in [-0.1, -0.05) is 18.2 Å². The molecule has 0 saturated heterocycles. The lowest BCUT2D eigenvalue weighted by molar-refractivity contribution is -0.117. The molecule has 5 nitrogen and oxygen atoms in total. The highest BCUT2D eigenvalue weighted by Gasteiger charge is 2.26. The van der Waals surface area contributed by atoms with Gasteiger partial charge in [-0.25, -0.2) is 0 Å². The van der Waals surface area contributed by atoms with Crippen molar-refractivity contribution in [3.05, 3.63) is 53.6 Å². The molecule has 136 valence electrons. The fourth-order valence-corrected chi connectivity index (χ4v) is 3.51. The Balaban J connectivity index is 1.85. The quantitative estimate of drug-likeness (QED) is 0.889. The Kier molecular flexibility index (Phi) is 5.38. The SMILES string of the molecule is CC(=O)N1c2ccc(-c3ccc(C(=O)NCCN)cc3)cc2CC[C@@H]1C. The van der Waals surface area contributed by atoms with E-state index in [0.717, 1.165) is 29.7 Å². The number of nitrogens with two attached hydrogens (primary N) is 1. The van der Waals surface area contributed by atoms with E-state index >= 15 is 0 Å². The molecule has 0 fully saturated rings. The molecule has 3 N–H and O–H groups in total. The van der Waals surface area contributed by atoms with Crippen LogP contribution >= 0.6 is 0 Å². The first kappa shape index (κ1) is 18.1. The zero-order chi connectivity index (χ0) is 18.7. The van der Waals surface area contributed by atoms with Crippen LogP contribution in [0, 0.1) is 0 Å². The summed E-state index contributed by atoms with van der Waals surface area (Å²) in [6.07, 6.45) is 1.93. The third kappa shape index (κ3) is 3.63. The van der Waals surface area contributed by atoms with Gasteiger partial charge in [0.1, 0.15) is 0 Å². The highest BCUT2D eigenvalue weighted by molar-refractivity contribution is 5.95. The Bertz CT molecular complexity index is 815. The number of anilines is 1. The molecule has 0 aromatic heterocycles. The summed E-state index contributed by atoms with van der Waals surface area (Å²) in [6.45, 7) is 4.60. The molecule has 0 saturated carbocycles. The molecule has 1 heterocycles. The Morgan fingerprint density at radius 2 is 1.85 bits per heavy atom. The van der Waals surface area contributed by atoms with Crippen molar-refractivity contribution in [2.45, 2.75) is 32.7 Å². The maximum atomic E-state index is 12.0. The number of aryl methyl sites for hydroxylation is 1. The monoisotopic (exact) mass is 351 g/mol. The van der Waals surface area contributed by atoms with Crippen LogP contribution in [-0.2, 0) is 11.2 Å². The maximum Gasteiger partial charge on any atom is 0.251 e. The topological polar surface area (TPSA) is 75.4 Å². The molecule has 2 aromatic rings. The lowest BCUT2D eigenvalue weighted by Crippen LogP contribution is -2.40. The van der Waals surface area contributed by atoms with Crippen molar-refractivity contribution in [3.8, 4) is 11.1 Å². The Labute approximate surface area is 154 Å². The van der Waals surface area contributed by atoms with E-state index in [1.165, 1.54) is 5.56 Å². The molecule has 1 aliphatic rings. The number of hydrogen-bond donors (Lipinski definition) is 2. The molecule has 0 aliphatic carbocycles. The van der Waals surface area contributed by atoms with Gasteiger partial charge in [0.05, 0.1) is 0 Å². The van der Waals surface area contributed by atoms with Crippen molar-refractivity contribution in [1.29, 1.82) is 0 Å². The van der Waals surface area contributed by atoms with E-state index in [1.54, 1.807) is 6.92 Å². The van der Waals surface area contributed by atoms with Gasteiger partial charge in [-0.15, -0.1) is 0 Å². The summed E-state index contributed by atoms with van der Waals surface area (Å²) in [5.74, 6) is -0.0300. The lowest BCUT2D eigenvalue weighted by atomic mass is 9.93. The van der Waals surface area contributed by atoms with Crippen molar-refractivity contribution in [1.82, 2.24) is 5.32 Å². The van der Waals surface area contributed by atoms with Gasteiger partial charge in [0, 0.05) is 37.3 Å². The van der Waals surface area contributed by atoms with Crippen molar-refractivity contribution < 1.29 is 9.59 Å². The van der Waals surface area contributed by atoms with Gasteiger partial charge in [0.15, 0.2) is 0 Å². The average molecular weight is 351 g/mol. The number of fused-ring (bicyclic) bond motifs is 1. The Hall–Kier alpha value is -2.66. The number of amides is 2. The van der Waals surface area contributed by atoms with Gasteiger partial charge in [-0.2, -0.15) is 0 Å². The second-order valence-corrected chi connectivity index (χ2v) is 6.74. The molecule has 5 heteroatoms. The Morgan fingerprint density at radius 3 is 2.50 bits per heavy atom. The molecular weight excluding hydrogens is 326 g/mol. The summed E-state index contributed by atoms with van der Waals surface area (Å²) in [7, 11) is 0. The standard InChI is InChI=1S/C21H25N3O2/c1-14-3-4-19-13-18(9-10-20(19)24(14)15(2)25)16-5-7-17(8-6-16)21(26)23-12-11-22/h5-10,13-14H,3-4,11-12,22H2,1-2H3,(H,23,26)/t14-/m0/s1. The van der Waals surface area contributed by atoms with Crippen LogP contribution in [0.2, 0.25) is 0 Å². The van der Waals surface area contributed by atoms with Crippen molar-refractivity contribution in [2.24, 2.45) is 5.73 Å². The molecule has 26 heavy (non-hydrogen) atoms. The molecule has 2 amide bonds. The number of benzene rings is 2. The molecule has 1 atom stereocenters. The first-order chi connectivity index (χ1) is 12.5. The zero-order valence-electron chi connectivity index (χ0n) is 15.3. The summed E-state index contributed by atoms with van der Waals surface area (Å²) < 4.78 is 0. The van der Waals surface area contributed by atoms with Crippen LogP contribution in [-0.4, -0.2) is 30.9 Å². The predicted octanol–water partition coefficient (Wildman–Crippen LogP) is 2.73. The van der Waals surface area contributed by atoms with E-state index in [-0.39, 0.29) is 17.9 Å². The van der Waals surface area contributed by atoms with E-state index < -0.39 is 0 Å². The largest absolute Gasteiger partial charge is 0.351 e. The van der Waals surface area contributed by atoms with E-state index in [4.69, 9.17) is 5.73 Å². The third-order valence-electron chi connectivity index (χ3n) is 4.86. The normalized spacial score (nSPS) is 16.1. The third-order valence-corrected chi connectivity index (χ3v) is 4.86. The lowest BCUT2D eigenvalue weighted by Gasteiger charge is -2.34. The van der Waals surface area contributed by atoms with Crippen LogP contribution in [0.1, 0.15) is 36.2 Å². The minimum absolute atomic E-state index is 0.0824. The van der Waals surface area contributed by atoms with Gasteiger partial charge >= 0.3 is 0 Å². The Morgan fingerprint density at radius 1 is 1.15 bits per heavy atom. The number of carbonyl (C=O) groups is 2. The molecule has 0 bridgehead atoms. The number of nitrogens with zero attached hydrogens (tertiary/aromatic N) is 1. The van der Waals surface area contributed by atoms with Crippen LogP contribution in [0.4, 0.5) is 5.69 Å². The molecule has 0 radical (unpaired) electrons. The van der Waals surface area contributed by atoms with Crippen LogP contribution in [0.3, 0.4) is 0 Å². The fraction of sp³-hybridized carbons (Fsp3) is 0.333. The minimum atomic E-state index is -0.112. The summed E-state index contributed by atoms with van der Waals surface area (Å²) in [5.41, 5.74) is 10.4. The summed E-state index contributed by atoms with van der Waals surface area (Å²) >= 11 is 0. The van der Waals surface area contributed by atoms with Gasteiger partial charge in [-0.3, -0.25) is 9.59 Å². The number of nitrogens with one attached hydrogen (secondary N) is 1. The maximum absolute atomic E-state index is 12.0. The number of carbonyl (C=O) groups excluding carboxylic acids is 2. The van der Waals surface area contributed by atoms with Gasteiger partial charge in [0.2, 0.25) is 5.91 Å². The number of rotatable bonds is 4. The van der Waals surface area contributed by atoms with E-state index in [1.807, 2.05) is 41.3 Å². The van der Waals surface area contributed by atoms with Gasteiger partial charge < -0.3 is 16.0 Å². The molecule has 1 aliphatic heterocycles. The highest BCUT2D eigenvalue weighted by atomic mass is 16.2. The molecule has 0 unspecified atom stereocenters. The van der Waals surface area contributed by atoms with E-state index in [9.17, 15) is 9.59 Å². The molecule has 3 rings (SSSR count).